The van der Waals surface area contributed by atoms with Gasteiger partial charge in [-0.15, -0.1) is 0 Å². The first kappa shape index (κ1) is 13.4. The zero-order valence-corrected chi connectivity index (χ0v) is 11.8. The molecule has 0 saturated carbocycles. The molecule has 1 aromatic rings. The molecule has 1 saturated heterocycles. The van der Waals surface area contributed by atoms with Crippen LogP contribution in [0.4, 0.5) is 5.69 Å². The highest BCUT2D eigenvalue weighted by atomic mass is 16.5. The van der Waals surface area contributed by atoms with E-state index >= 15 is 0 Å². The molecular formula is C16H22N2O2. The van der Waals surface area contributed by atoms with Gasteiger partial charge < -0.3 is 15.0 Å². The summed E-state index contributed by atoms with van der Waals surface area (Å²) in [5.74, 6) is 1.00. The first-order chi connectivity index (χ1) is 9.84. The predicted octanol–water partition coefficient (Wildman–Crippen LogP) is 2.33. The Hall–Kier alpha value is -1.55. The number of rotatable bonds is 3. The smallest absolute Gasteiger partial charge is 0.230 e. The van der Waals surface area contributed by atoms with Crippen LogP contribution < -0.4 is 15.0 Å². The van der Waals surface area contributed by atoms with Crippen LogP contribution in [0.5, 0.6) is 5.75 Å². The fraction of sp³-hybridized carbons (Fsp3) is 0.562. The molecule has 0 aromatic heterocycles. The van der Waals surface area contributed by atoms with Gasteiger partial charge in [0.15, 0.2) is 0 Å². The molecule has 1 unspecified atom stereocenters. The number of hydrogen-bond acceptors (Lipinski definition) is 3. The van der Waals surface area contributed by atoms with Crippen molar-refractivity contribution in [3.05, 3.63) is 24.3 Å². The molecule has 108 valence electrons. The standard InChI is InChI=1S/C16H22N2O2/c19-16-9-12-20-15-7-2-1-6-14(15)18(16)11-8-13-5-3-4-10-17-13/h1-2,6-7,13,17H,3-5,8-12H2. The van der Waals surface area contributed by atoms with E-state index in [0.717, 1.165) is 30.9 Å². The third-order valence-electron chi connectivity index (χ3n) is 4.14. The SMILES string of the molecule is O=C1CCOc2ccccc2N1CCC1CCCCN1. The number of anilines is 1. The Kier molecular flexibility index (Phi) is 4.21. The number of nitrogens with zero attached hydrogens (tertiary/aromatic N) is 1. The Bertz CT molecular complexity index is 469. The Morgan fingerprint density at radius 3 is 3.05 bits per heavy atom. The summed E-state index contributed by atoms with van der Waals surface area (Å²) in [6.45, 7) is 2.36. The summed E-state index contributed by atoms with van der Waals surface area (Å²) in [6, 6.07) is 8.39. The van der Waals surface area contributed by atoms with Crippen molar-refractivity contribution in [2.45, 2.75) is 38.1 Å². The lowest BCUT2D eigenvalue weighted by Crippen LogP contribution is -2.39. The molecule has 0 aliphatic carbocycles. The fourth-order valence-corrected chi connectivity index (χ4v) is 3.02. The van der Waals surface area contributed by atoms with Crippen molar-refractivity contribution >= 4 is 11.6 Å². The molecule has 2 heterocycles. The van der Waals surface area contributed by atoms with Gasteiger partial charge in [0.1, 0.15) is 5.75 Å². The molecule has 4 nitrogen and oxygen atoms in total. The van der Waals surface area contributed by atoms with E-state index in [-0.39, 0.29) is 5.91 Å². The third-order valence-corrected chi connectivity index (χ3v) is 4.14. The molecule has 4 heteroatoms. The normalized spacial score (nSPS) is 22.9. The monoisotopic (exact) mass is 274 g/mol. The summed E-state index contributed by atoms with van der Waals surface area (Å²) in [6.07, 6.45) is 5.27. The fourth-order valence-electron chi connectivity index (χ4n) is 3.02. The average molecular weight is 274 g/mol. The van der Waals surface area contributed by atoms with Gasteiger partial charge in [0.05, 0.1) is 18.7 Å². The highest BCUT2D eigenvalue weighted by Gasteiger charge is 2.24. The summed E-state index contributed by atoms with van der Waals surface area (Å²) in [4.78, 5) is 14.2. The van der Waals surface area contributed by atoms with Crippen LogP contribution in [0.1, 0.15) is 32.1 Å². The molecule has 1 N–H and O–H groups in total. The first-order valence-electron chi connectivity index (χ1n) is 7.60. The number of amides is 1. The van der Waals surface area contributed by atoms with E-state index in [9.17, 15) is 4.79 Å². The molecule has 2 aliphatic heterocycles. The number of nitrogens with one attached hydrogen (secondary N) is 1. The van der Waals surface area contributed by atoms with Crippen molar-refractivity contribution in [3.8, 4) is 5.75 Å². The lowest BCUT2D eigenvalue weighted by molar-refractivity contribution is -0.118. The summed E-state index contributed by atoms with van der Waals surface area (Å²) in [5, 5.41) is 3.54. The van der Waals surface area contributed by atoms with Crippen molar-refractivity contribution in [3.63, 3.8) is 0 Å². The van der Waals surface area contributed by atoms with Gasteiger partial charge in [0.25, 0.3) is 0 Å². The number of carbonyl (C=O) groups is 1. The van der Waals surface area contributed by atoms with Crippen LogP contribution in [0.3, 0.4) is 0 Å². The van der Waals surface area contributed by atoms with E-state index in [1.165, 1.54) is 19.3 Å². The van der Waals surface area contributed by atoms with E-state index < -0.39 is 0 Å². The first-order valence-corrected chi connectivity index (χ1v) is 7.60. The number of ether oxygens (including phenoxy) is 1. The number of benzene rings is 1. The summed E-state index contributed by atoms with van der Waals surface area (Å²) in [7, 11) is 0. The van der Waals surface area contributed by atoms with Crippen LogP contribution in [0.2, 0.25) is 0 Å². The maximum Gasteiger partial charge on any atom is 0.230 e. The van der Waals surface area contributed by atoms with Gasteiger partial charge in [-0.3, -0.25) is 4.79 Å². The van der Waals surface area contributed by atoms with Crippen LogP contribution in [0.15, 0.2) is 24.3 Å². The van der Waals surface area contributed by atoms with Crippen molar-refractivity contribution in [1.82, 2.24) is 5.32 Å². The molecule has 2 aliphatic rings. The molecule has 1 amide bonds. The second kappa shape index (κ2) is 6.27. The van der Waals surface area contributed by atoms with E-state index in [1.54, 1.807) is 0 Å². The Balaban J connectivity index is 1.71. The van der Waals surface area contributed by atoms with E-state index in [1.807, 2.05) is 29.2 Å². The van der Waals surface area contributed by atoms with Crippen LogP contribution in [-0.4, -0.2) is 31.6 Å². The van der Waals surface area contributed by atoms with Gasteiger partial charge in [0, 0.05) is 12.6 Å². The van der Waals surface area contributed by atoms with Gasteiger partial charge in [0.2, 0.25) is 5.91 Å². The van der Waals surface area contributed by atoms with Crippen molar-refractivity contribution in [2.75, 3.05) is 24.6 Å². The number of piperidine rings is 1. The number of para-hydroxylation sites is 2. The molecule has 0 bridgehead atoms. The van der Waals surface area contributed by atoms with Crippen LogP contribution in [-0.2, 0) is 4.79 Å². The Morgan fingerprint density at radius 1 is 1.30 bits per heavy atom. The number of carbonyl (C=O) groups excluding carboxylic acids is 1. The Labute approximate surface area is 120 Å². The maximum atomic E-state index is 12.3. The Morgan fingerprint density at radius 2 is 2.20 bits per heavy atom. The summed E-state index contributed by atoms with van der Waals surface area (Å²) >= 11 is 0. The largest absolute Gasteiger partial charge is 0.491 e. The number of hydrogen-bond donors (Lipinski definition) is 1. The average Bonchev–Trinajstić information content (AvgIpc) is 2.65. The molecule has 1 atom stereocenters. The molecule has 0 radical (unpaired) electrons. The topological polar surface area (TPSA) is 41.6 Å². The second-order valence-corrected chi connectivity index (χ2v) is 5.55. The maximum absolute atomic E-state index is 12.3. The predicted molar refractivity (Wildman–Crippen MR) is 79.2 cm³/mol. The van der Waals surface area contributed by atoms with Crippen LogP contribution in [0, 0.1) is 0 Å². The second-order valence-electron chi connectivity index (χ2n) is 5.55. The minimum Gasteiger partial charge on any atom is -0.491 e. The van der Waals surface area contributed by atoms with Crippen LogP contribution in [0.25, 0.3) is 0 Å². The summed E-state index contributed by atoms with van der Waals surface area (Å²) < 4.78 is 5.66. The van der Waals surface area contributed by atoms with E-state index in [0.29, 0.717) is 19.1 Å². The zero-order chi connectivity index (χ0) is 13.8. The third kappa shape index (κ3) is 2.96. The molecule has 1 fully saturated rings. The minimum atomic E-state index is 0.172. The van der Waals surface area contributed by atoms with Gasteiger partial charge in [-0.05, 0) is 37.9 Å². The lowest BCUT2D eigenvalue weighted by atomic mass is 10.0. The van der Waals surface area contributed by atoms with Gasteiger partial charge in [-0.1, -0.05) is 18.6 Å². The van der Waals surface area contributed by atoms with Gasteiger partial charge in [-0.2, -0.15) is 0 Å². The van der Waals surface area contributed by atoms with E-state index in [4.69, 9.17) is 4.74 Å². The quantitative estimate of drug-likeness (QED) is 0.920. The highest BCUT2D eigenvalue weighted by molar-refractivity contribution is 5.95. The minimum absolute atomic E-state index is 0.172. The molecular weight excluding hydrogens is 252 g/mol. The number of fused-ring (bicyclic) bond motifs is 1. The van der Waals surface area contributed by atoms with Crippen LogP contribution >= 0.6 is 0 Å². The molecule has 20 heavy (non-hydrogen) atoms. The molecule has 3 rings (SSSR count). The van der Waals surface area contributed by atoms with Crippen molar-refractivity contribution in [2.24, 2.45) is 0 Å². The van der Waals surface area contributed by atoms with E-state index in [2.05, 4.69) is 5.32 Å². The zero-order valence-electron chi connectivity index (χ0n) is 11.8. The van der Waals surface area contributed by atoms with Crippen molar-refractivity contribution < 1.29 is 9.53 Å². The molecule has 0 spiro atoms. The van der Waals surface area contributed by atoms with Gasteiger partial charge in [-0.25, -0.2) is 0 Å². The lowest BCUT2D eigenvalue weighted by Gasteiger charge is -2.27. The van der Waals surface area contributed by atoms with Gasteiger partial charge >= 0.3 is 0 Å². The highest BCUT2D eigenvalue weighted by Crippen LogP contribution is 2.31. The summed E-state index contributed by atoms with van der Waals surface area (Å²) in [5.41, 5.74) is 0.922. The molecule has 1 aromatic carbocycles. The van der Waals surface area contributed by atoms with Crippen molar-refractivity contribution in [1.29, 1.82) is 0 Å².